The summed E-state index contributed by atoms with van der Waals surface area (Å²) in [6.07, 6.45) is -0.528. The van der Waals surface area contributed by atoms with Crippen molar-refractivity contribution in [1.82, 2.24) is 0 Å². The van der Waals surface area contributed by atoms with Crippen LogP contribution in [0, 0.1) is 13.8 Å². The van der Waals surface area contributed by atoms with Gasteiger partial charge in [0.1, 0.15) is 5.75 Å². The Kier molecular flexibility index (Phi) is 3.52. The van der Waals surface area contributed by atoms with Crippen LogP contribution in [0.2, 0.25) is 0 Å². The van der Waals surface area contributed by atoms with Crippen LogP contribution in [0.25, 0.3) is 0 Å². The molecule has 0 fully saturated rings. The van der Waals surface area contributed by atoms with Gasteiger partial charge in [0.2, 0.25) is 0 Å². The highest BCUT2D eigenvalue weighted by Gasteiger charge is 2.25. The number of nitrogens with one attached hydrogen (secondary N) is 2. The third kappa shape index (κ3) is 2.70. The van der Waals surface area contributed by atoms with Crippen molar-refractivity contribution >= 4 is 17.3 Å². The van der Waals surface area contributed by atoms with E-state index in [1.807, 2.05) is 56.3 Å². The van der Waals surface area contributed by atoms with Crippen LogP contribution >= 0.6 is 0 Å². The number of carbonyl (C=O) groups excluding carboxylic acids is 1. The van der Waals surface area contributed by atoms with Gasteiger partial charge in [-0.15, -0.1) is 0 Å². The van der Waals surface area contributed by atoms with Gasteiger partial charge in [0, 0.05) is 5.69 Å². The number of amides is 1. The lowest BCUT2D eigenvalue weighted by atomic mass is 10.1. The predicted octanol–water partition coefficient (Wildman–Crippen LogP) is 3.12. The van der Waals surface area contributed by atoms with E-state index in [1.54, 1.807) is 0 Å². The van der Waals surface area contributed by atoms with Gasteiger partial charge in [-0.3, -0.25) is 4.79 Å². The molecule has 0 aliphatic carbocycles. The maximum atomic E-state index is 12.4. The standard InChI is InChI=1S/C17H18N2O2/c1-11-6-5-8-13(12(11)2)19-17(20)16-10-18-14-7-3-4-9-15(14)21-16/h3-9,16,18H,10H2,1-2H3,(H,19,20). The predicted molar refractivity (Wildman–Crippen MR) is 83.9 cm³/mol. The van der Waals surface area contributed by atoms with Crippen LogP contribution in [0.5, 0.6) is 5.75 Å². The Balaban J connectivity index is 1.74. The number of hydrogen-bond acceptors (Lipinski definition) is 3. The molecule has 2 N–H and O–H groups in total. The molecule has 1 aliphatic heterocycles. The van der Waals surface area contributed by atoms with Crippen molar-refractivity contribution in [1.29, 1.82) is 0 Å². The zero-order chi connectivity index (χ0) is 14.8. The third-order valence-electron chi connectivity index (χ3n) is 3.79. The van der Waals surface area contributed by atoms with Gasteiger partial charge in [0.15, 0.2) is 6.10 Å². The number of carbonyl (C=O) groups is 1. The number of rotatable bonds is 2. The van der Waals surface area contributed by atoms with E-state index < -0.39 is 6.10 Å². The molecule has 0 saturated heterocycles. The van der Waals surface area contributed by atoms with Crippen LogP contribution in [0.15, 0.2) is 42.5 Å². The summed E-state index contributed by atoms with van der Waals surface area (Å²) in [5.74, 6) is 0.579. The first kappa shape index (κ1) is 13.5. The Hall–Kier alpha value is -2.49. The zero-order valence-electron chi connectivity index (χ0n) is 12.1. The fourth-order valence-electron chi connectivity index (χ4n) is 2.36. The highest BCUT2D eigenvalue weighted by atomic mass is 16.5. The number of hydrogen-bond donors (Lipinski definition) is 2. The first-order valence-electron chi connectivity index (χ1n) is 7.02. The van der Waals surface area contributed by atoms with E-state index in [9.17, 15) is 4.79 Å². The van der Waals surface area contributed by atoms with Gasteiger partial charge < -0.3 is 15.4 Å². The fraction of sp³-hybridized carbons (Fsp3) is 0.235. The Bertz CT molecular complexity index is 682. The molecule has 21 heavy (non-hydrogen) atoms. The molecule has 4 nitrogen and oxygen atoms in total. The van der Waals surface area contributed by atoms with Crippen molar-refractivity contribution in [3.05, 3.63) is 53.6 Å². The average molecular weight is 282 g/mol. The summed E-state index contributed by atoms with van der Waals surface area (Å²) in [5, 5.41) is 6.17. The topological polar surface area (TPSA) is 50.4 Å². The first-order chi connectivity index (χ1) is 10.1. The van der Waals surface area contributed by atoms with E-state index in [-0.39, 0.29) is 5.91 Å². The number of anilines is 2. The van der Waals surface area contributed by atoms with Crippen LogP contribution in [0.1, 0.15) is 11.1 Å². The van der Waals surface area contributed by atoms with Crippen LogP contribution in [-0.2, 0) is 4.79 Å². The SMILES string of the molecule is Cc1cccc(NC(=O)C2CNc3ccccc3O2)c1C. The van der Waals surface area contributed by atoms with Crippen molar-refractivity contribution in [3.8, 4) is 5.75 Å². The minimum atomic E-state index is -0.528. The van der Waals surface area contributed by atoms with Crippen molar-refractivity contribution in [3.63, 3.8) is 0 Å². The van der Waals surface area contributed by atoms with E-state index in [4.69, 9.17) is 4.74 Å². The second-order valence-corrected chi connectivity index (χ2v) is 5.22. The van der Waals surface area contributed by atoms with Crippen molar-refractivity contribution < 1.29 is 9.53 Å². The summed E-state index contributed by atoms with van der Waals surface area (Å²) >= 11 is 0. The Labute approximate surface area is 124 Å². The lowest BCUT2D eigenvalue weighted by Crippen LogP contribution is -2.41. The summed E-state index contributed by atoms with van der Waals surface area (Å²) < 4.78 is 5.76. The van der Waals surface area contributed by atoms with Gasteiger partial charge in [-0.25, -0.2) is 0 Å². The molecule has 3 rings (SSSR count). The lowest BCUT2D eigenvalue weighted by molar-refractivity contribution is -0.122. The molecular formula is C17H18N2O2. The average Bonchev–Trinajstić information content (AvgIpc) is 2.51. The number of aryl methyl sites for hydroxylation is 1. The highest BCUT2D eigenvalue weighted by Crippen LogP contribution is 2.28. The first-order valence-corrected chi connectivity index (χ1v) is 7.02. The molecule has 1 unspecified atom stereocenters. The number of benzene rings is 2. The minimum absolute atomic E-state index is 0.134. The molecule has 0 bridgehead atoms. The van der Waals surface area contributed by atoms with Crippen molar-refractivity contribution in [2.75, 3.05) is 17.2 Å². The van der Waals surface area contributed by atoms with E-state index in [0.717, 1.165) is 22.5 Å². The van der Waals surface area contributed by atoms with Crippen molar-refractivity contribution in [2.45, 2.75) is 20.0 Å². The van der Waals surface area contributed by atoms with Gasteiger partial charge in [-0.2, -0.15) is 0 Å². The van der Waals surface area contributed by atoms with E-state index >= 15 is 0 Å². The molecule has 1 aliphatic rings. The smallest absolute Gasteiger partial charge is 0.267 e. The van der Waals surface area contributed by atoms with Gasteiger partial charge in [0.25, 0.3) is 5.91 Å². The molecule has 4 heteroatoms. The van der Waals surface area contributed by atoms with E-state index in [2.05, 4.69) is 10.6 Å². The van der Waals surface area contributed by atoms with Crippen LogP contribution in [0.4, 0.5) is 11.4 Å². The molecule has 2 aromatic rings. The lowest BCUT2D eigenvalue weighted by Gasteiger charge is -2.26. The molecule has 0 aromatic heterocycles. The molecule has 1 atom stereocenters. The Morgan fingerprint density at radius 2 is 2.00 bits per heavy atom. The molecule has 0 radical (unpaired) electrons. The fourth-order valence-corrected chi connectivity index (χ4v) is 2.36. The van der Waals surface area contributed by atoms with Crippen LogP contribution in [-0.4, -0.2) is 18.6 Å². The maximum absolute atomic E-state index is 12.4. The maximum Gasteiger partial charge on any atom is 0.267 e. The van der Waals surface area contributed by atoms with Gasteiger partial charge >= 0.3 is 0 Å². The minimum Gasteiger partial charge on any atom is -0.477 e. The Morgan fingerprint density at radius 3 is 2.86 bits per heavy atom. The quantitative estimate of drug-likeness (QED) is 0.890. The second-order valence-electron chi connectivity index (χ2n) is 5.22. The summed E-state index contributed by atoms with van der Waals surface area (Å²) in [5.41, 5.74) is 3.99. The number of para-hydroxylation sites is 2. The van der Waals surface area contributed by atoms with Crippen LogP contribution < -0.4 is 15.4 Å². The van der Waals surface area contributed by atoms with E-state index in [0.29, 0.717) is 12.3 Å². The molecular weight excluding hydrogens is 264 g/mol. The van der Waals surface area contributed by atoms with Gasteiger partial charge in [-0.1, -0.05) is 24.3 Å². The highest BCUT2D eigenvalue weighted by molar-refractivity contribution is 5.96. The monoisotopic (exact) mass is 282 g/mol. The molecule has 108 valence electrons. The summed E-state index contributed by atoms with van der Waals surface area (Å²) in [6.45, 7) is 4.49. The molecule has 1 amide bonds. The van der Waals surface area contributed by atoms with Crippen molar-refractivity contribution in [2.24, 2.45) is 0 Å². The number of ether oxygens (including phenoxy) is 1. The molecule has 0 spiro atoms. The molecule has 0 saturated carbocycles. The molecule has 1 heterocycles. The summed E-state index contributed by atoms with van der Waals surface area (Å²) in [7, 11) is 0. The summed E-state index contributed by atoms with van der Waals surface area (Å²) in [4.78, 5) is 12.4. The van der Waals surface area contributed by atoms with Gasteiger partial charge in [0.05, 0.1) is 12.2 Å². The second kappa shape index (κ2) is 5.48. The largest absolute Gasteiger partial charge is 0.477 e. The summed E-state index contributed by atoms with van der Waals surface area (Å²) in [6, 6.07) is 13.5. The Morgan fingerprint density at radius 1 is 1.19 bits per heavy atom. The molecule has 2 aromatic carbocycles. The van der Waals surface area contributed by atoms with Gasteiger partial charge in [-0.05, 0) is 43.2 Å². The zero-order valence-corrected chi connectivity index (χ0v) is 12.1. The normalized spacial score (nSPS) is 16.4. The van der Waals surface area contributed by atoms with Crippen LogP contribution in [0.3, 0.4) is 0 Å². The van der Waals surface area contributed by atoms with E-state index in [1.165, 1.54) is 0 Å². The third-order valence-corrected chi connectivity index (χ3v) is 3.79. The number of fused-ring (bicyclic) bond motifs is 1.